The van der Waals surface area contributed by atoms with Gasteiger partial charge in [0, 0.05) is 5.57 Å². The van der Waals surface area contributed by atoms with Gasteiger partial charge in [-0.3, -0.25) is 9.59 Å². The summed E-state index contributed by atoms with van der Waals surface area (Å²) in [6, 6.07) is 0. The maximum atomic E-state index is 13.4. The highest BCUT2D eigenvalue weighted by molar-refractivity contribution is 6.19. The molecule has 2 bridgehead atoms. The Balaban J connectivity index is 2.02. The van der Waals surface area contributed by atoms with Gasteiger partial charge in [-0.05, 0) is 82.5 Å². The van der Waals surface area contributed by atoms with E-state index in [0.717, 1.165) is 25.2 Å². The molecule has 0 radical (unpaired) electrons. The van der Waals surface area contributed by atoms with Crippen LogP contribution in [0.15, 0.2) is 23.0 Å². The number of rotatable bonds is 5. The molecule has 0 aromatic carbocycles. The summed E-state index contributed by atoms with van der Waals surface area (Å²) < 4.78 is 0. The lowest BCUT2D eigenvalue weighted by atomic mass is 9.48. The molecule has 3 heteroatoms. The summed E-state index contributed by atoms with van der Waals surface area (Å²) in [5, 5.41) is 11.1. The second-order valence-electron chi connectivity index (χ2n) is 11.5. The van der Waals surface area contributed by atoms with Crippen molar-refractivity contribution < 1.29 is 14.7 Å². The van der Waals surface area contributed by atoms with Crippen LogP contribution in [0.5, 0.6) is 0 Å². The topological polar surface area (TPSA) is 54.4 Å². The van der Waals surface area contributed by atoms with Gasteiger partial charge in [0.25, 0.3) is 0 Å². The van der Waals surface area contributed by atoms with Crippen LogP contribution in [0, 0.1) is 39.9 Å². The van der Waals surface area contributed by atoms with E-state index in [1.807, 2.05) is 0 Å². The zero-order chi connectivity index (χ0) is 21.2. The van der Waals surface area contributed by atoms with Crippen LogP contribution in [0.2, 0.25) is 0 Å². The fourth-order valence-electron chi connectivity index (χ4n) is 6.02. The Morgan fingerprint density at radius 3 is 2.18 bits per heavy atom. The Labute approximate surface area is 170 Å². The van der Waals surface area contributed by atoms with Gasteiger partial charge in [-0.2, -0.15) is 0 Å². The Hall–Kier alpha value is -1.38. The predicted octanol–water partition coefficient (Wildman–Crippen LogP) is 6.05. The molecule has 28 heavy (non-hydrogen) atoms. The fourth-order valence-corrected chi connectivity index (χ4v) is 6.02. The Bertz CT molecular complexity index is 761. The molecule has 4 aliphatic carbocycles. The van der Waals surface area contributed by atoms with Crippen molar-refractivity contribution in [2.24, 2.45) is 39.9 Å². The van der Waals surface area contributed by atoms with Crippen molar-refractivity contribution in [2.75, 3.05) is 0 Å². The van der Waals surface area contributed by atoms with E-state index in [1.54, 1.807) is 27.7 Å². The number of aliphatic hydroxyl groups is 1. The van der Waals surface area contributed by atoms with Gasteiger partial charge in [-0.1, -0.05) is 39.3 Å². The molecule has 156 valence electrons. The van der Waals surface area contributed by atoms with Crippen molar-refractivity contribution in [1.82, 2.24) is 0 Å². The molecule has 0 heterocycles. The molecule has 2 unspecified atom stereocenters. The van der Waals surface area contributed by atoms with Crippen LogP contribution in [0.4, 0.5) is 0 Å². The van der Waals surface area contributed by atoms with E-state index in [1.165, 1.54) is 12.0 Å². The van der Waals surface area contributed by atoms with Gasteiger partial charge in [0.2, 0.25) is 0 Å². The lowest BCUT2D eigenvalue weighted by Crippen LogP contribution is -2.50. The van der Waals surface area contributed by atoms with E-state index in [4.69, 9.17) is 0 Å². The number of Topliss-reactive ketones (excluding diaryl/α,β-unsaturated/α-hetero) is 2. The van der Waals surface area contributed by atoms with Crippen molar-refractivity contribution in [3.05, 3.63) is 23.0 Å². The van der Waals surface area contributed by atoms with E-state index in [-0.39, 0.29) is 23.2 Å². The number of hydrogen-bond acceptors (Lipinski definition) is 3. The van der Waals surface area contributed by atoms with Crippen LogP contribution < -0.4 is 0 Å². The van der Waals surface area contributed by atoms with Crippen LogP contribution in [-0.2, 0) is 9.59 Å². The SMILES string of the molecule is CC(C)C[C@@H](CC1=CCC2CC1C2(C)C)C1=C(O)C(C)(C)C(=O)C(C)(C)C1=O. The average Bonchev–Trinajstić information content (AvgIpc) is 2.59. The Morgan fingerprint density at radius 1 is 1.07 bits per heavy atom. The minimum Gasteiger partial charge on any atom is -0.511 e. The quantitative estimate of drug-likeness (QED) is 0.462. The van der Waals surface area contributed by atoms with E-state index in [9.17, 15) is 14.7 Å². The highest BCUT2D eigenvalue weighted by Crippen LogP contribution is 2.60. The van der Waals surface area contributed by atoms with Gasteiger partial charge < -0.3 is 5.11 Å². The number of aliphatic hydroxyl groups excluding tert-OH is 1. The Kier molecular flexibility index (Phi) is 5.00. The maximum Gasteiger partial charge on any atom is 0.175 e. The van der Waals surface area contributed by atoms with Crippen molar-refractivity contribution >= 4 is 11.6 Å². The highest BCUT2D eigenvalue weighted by atomic mass is 16.3. The van der Waals surface area contributed by atoms with Crippen LogP contribution >= 0.6 is 0 Å². The summed E-state index contributed by atoms with van der Waals surface area (Å²) in [5.74, 6) is 1.40. The largest absolute Gasteiger partial charge is 0.511 e. The molecule has 0 saturated heterocycles. The lowest BCUT2D eigenvalue weighted by molar-refractivity contribution is -0.145. The summed E-state index contributed by atoms with van der Waals surface area (Å²) in [6.45, 7) is 16.0. The molecule has 0 aliphatic heterocycles. The molecule has 4 rings (SSSR count). The number of fused-ring (bicyclic) bond motifs is 1. The number of hydrogen-bond donors (Lipinski definition) is 1. The van der Waals surface area contributed by atoms with Gasteiger partial charge in [0.05, 0.1) is 10.8 Å². The average molecular weight is 387 g/mol. The van der Waals surface area contributed by atoms with E-state index in [0.29, 0.717) is 22.8 Å². The molecule has 4 aliphatic rings. The van der Waals surface area contributed by atoms with Crippen molar-refractivity contribution in [2.45, 2.75) is 81.1 Å². The number of ketones is 2. The predicted molar refractivity (Wildman–Crippen MR) is 113 cm³/mol. The lowest BCUT2D eigenvalue weighted by Gasteiger charge is -2.57. The van der Waals surface area contributed by atoms with Crippen LogP contribution in [0.25, 0.3) is 0 Å². The van der Waals surface area contributed by atoms with Crippen molar-refractivity contribution in [3.8, 4) is 0 Å². The molecule has 1 fully saturated rings. The standard InChI is InChI=1S/C25H38O3/c1-14(2)11-16(12-15-9-10-17-13-18(15)23(17,3)4)19-20(26)24(5,6)22(28)25(7,8)21(19)27/h9,14,16-18,26H,10-13H2,1-8H3/t16-,17?,18?/m0/s1. The summed E-state index contributed by atoms with van der Waals surface area (Å²) in [7, 11) is 0. The molecule has 0 amide bonds. The number of allylic oxidation sites excluding steroid dienone is 4. The van der Waals surface area contributed by atoms with Crippen LogP contribution in [-0.4, -0.2) is 16.7 Å². The number of carbonyl (C=O) groups is 2. The smallest absolute Gasteiger partial charge is 0.175 e. The van der Waals surface area contributed by atoms with Gasteiger partial charge in [-0.15, -0.1) is 0 Å². The summed E-state index contributed by atoms with van der Waals surface area (Å²) in [4.78, 5) is 26.3. The van der Waals surface area contributed by atoms with Crippen molar-refractivity contribution in [1.29, 1.82) is 0 Å². The van der Waals surface area contributed by atoms with Gasteiger partial charge in [-0.25, -0.2) is 0 Å². The minimum absolute atomic E-state index is 0.00892. The first-order valence-corrected chi connectivity index (χ1v) is 10.9. The normalized spacial score (nSPS) is 31.5. The Morgan fingerprint density at radius 2 is 1.68 bits per heavy atom. The van der Waals surface area contributed by atoms with Gasteiger partial charge in [0.15, 0.2) is 11.6 Å². The first-order chi connectivity index (χ1) is 12.7. The highest BCUT2D eigenvalue weighted by Gasteiger charge is 2.55. The fraction of sp³-hybridized carbons (Fsp3) is 0.760. The molecule has 3 nitrogen and oxygen atoms in total. The summed E-state index contributed by atoms with van der Waals surface area (Å²) >= 11 is 0. The molecule has 1 N–H and O–H groups in total. The van der Waals surface area contributed by atoms with E-state index >= 15 is 0 Å². The second kappa shape index (κ2) is 6.57. The van der Waals surface area contributed by atoms with Crippen molar-refractivity contribution in [3.63, 3.8) is 0 Å². The van der Waals surface area contributed by atoms with Crippen LogP contribution in [0.1, 0.15) is 81.1 Å². The van der Waals surface area contributed by atoms with Crippen LogP contribution in [0.3, 0.4) is 0 Å². The zero-order valence-electron chi connectivity index (χ0n) is 19.0. The third kappa shape index (κ3) is 3.00. The third-order valence-corrected chi connectivity index (χ3v) is 8.02. The first-order valence-electron chi connectivity index (χ1n) is 10.9. The summed E-state index contributed by atoms with van der Waals surface area (Å²) in [5.41, 5.74) is 0.224. The maximum absolute atomic E-state index is 13.4. The van der Waals surface area contributed by atoms with E-state index in [2.05, 4.69) is 33.8 Å². The summed E-state index contributed by atoms with van der Waals surface area (Å²) in [6.07, 6.45) is 6.44. The second-order valence-corrected chi connectivity index (χ2v) is 11.5. The molecular weight excluding hydrogens is 348 g/mol. The van der Waals surface area contributed by atoms with Gasteiger partial charge >= 0.3 is 0 Å². The molecule has 0 aromatic rings. The molecule has 1 saturated carbocycles. The molecule has 0 aromatic heterocycles. The molecule has 3 atom stereocenters. The zero-order valence-corrected chi connectivity index (χ0v) is 19.0. The molecule has 0 spiro atoms. The minimum atomic E-state index is -1.08. The third-order valence-electron chi connectivity index (χ3n) is 8.02. The van der Waals surface area contributed by atoms with Gasteiger partial charge in [0.1, 0.15) is 5.76 Å². The number of carbonyl (C=O) groups excluding carboxylic acids is 2. The first kappa shape index (κ1) is 21.3. The molecular formula is C25H38O3. The van der Waals surface area contributed by atoms with E-state index < -0.39 is 10.8 Å². The monoisotopic (exact) mass is 386 g/mol.